The number of hydrogen-bond acceptors (Lipinski definition) is 2. The lowest BCUT2D eigenvalue weighted by molar-refractivity contribution is 0.400. The molecule has 0 radical (unpaired) electrons. The predicted octanol–water partition coefficient (Wildman–Crippen LogP) is 6.37. The standard InChI is InChI=1S/C21H27BrN2/c1-2-3-4-5-6-7-16-8-13-20-18(14-16)15-23-21(24-20)17-9-11-19(22)12-10-17/h9-12,15-16H,2-8,13-14H2,1H3. The highest BCUT2D eigenvalue weighted by Gasteiger charge is 2.20. The van der Waals surface area contributed by atoms with Gasteiger partial charge in [-0.25, -0.2) is 9.97 Å². The number of aryl methyl sites for hydroxylation is 1. The fourth-order valence-electron chi connectivity index (χ4n) is 3.60. The Labute approximate surface area is 154 Å². The van der Waals surface area contributed by atoms with Gasteiger partial charge in [-0.2, -0.15) is 0 Å². The summed E-state index contributed by atoms with van der Waals surface area (Å²) in [4.78, 5) is 9.46. The molecule has 0 saturated heterocycles. The second-order valence-electron chi connectivity index (χ2n) is 6.98. The Hall–Kier alpha value is -1.22. The Morgan fingerprint density at radius 3 is 2.67 bits per heavy atom. The van der Waals surface area contributed by atoms with Crippen LogP contribution in [0.25, 0.3) is 11.4 Å². The number of halogens is 1. The van der Waals surface area contributed by atoms with E-state index < -0.39 is 0 Å². The fraction of sp³-hybridized carbons (Fsp3) is 0.524. The topological polar surface area (TPSA) is 25.8 Å². The molecule has 1 unspecified atom stereocenters. The van der Waals surface area contributed by atoms with Crippen molar-refractivity contribution in [2.75, 3.05) is 0 Å². The summed E-state index contributed by atoms with van der Waals surface area (Å²) in [5.74, 6) is 1.69. The summed E-state index contributed by atoms with van der Waals surface area (Å²) in [5, 5.41) is 0. The van der Waals surface area contributed by atoms with E-state index in [-0.39, 0.29) is 0 Å². The molecule has 0 aliphatic heterocycles. The molecule has 1 aliphatic carbocycles. The minimum atomic E-state index is 0.834. The number of fused-ring (bicyclic) bond motifs is 1. The summed E-state index contributed by atoms with van der Waals surface area (Å²) in [7, 11) is 0. The number of aromatic nitrogens is 2. The first kappa shape index (κ1) is 17.6. The summed E-state index contributed by atoms with van der Waals surface area (Å²) in [6, 6.07) is 8.25. The van der Waals surface area contributed by atoms with Crippen molar-refractivity contribution in [3.8, 4) is 11.4 Å². The van der Waals surface area contributed by atoms with Gasteiger partial charge in [-0.3, -0.25) is 0 Å². The first-order valence-electron chi connectivity index (χ1n) is 9.37. The number of benzene rings is 1. The van der Waals surface area contributed by atoms with Crippen molar-refractivity contribution in [3.63, 3.8) is 0 Å². The van der Waals surface area contributed by atoms with E-state index in [4.69, 9.17) is 4.98 Å². The largest absolute Gasteiger partial charge is 0.236 e. The Morgan fingerprint density at radius 2 is 1.88 bits per heavy atom. The van der Waals surface area contributed by atoms with Gasteiger partial charge in [-0.05, 0) is 42.9 Å². The van der Waals surface area contributed by atoms with Crippen molar-refractivity contribution in [2.45, 2.75) is 64.7 Å². The first-order chi connectivity index (χ1) is 11.8. The van der Waals surface area contributed by atoms with Crippen molar-refractivity contribution in [1.82, 2.24) is 9.97 Å². The minimum absolute atomic E-state index is 0.834. The summed E-state index contributed by atoms with van der Waals surface area (Å²) < 4.78 is 1.09. The average Bonchev–Trinajstić information content (AvgIpc) is 2.62. The predicted molar refractivity (Wildman–Crippen MR) is 104 cm³/mol. The van der Waals surface area contributed by atoms with Crippen LogP contribution in [0, 0.1) is 5.92 Å². The maximum Gasteiger partial charge on any atom is 0.159 e. The van der Waals surface area contributed by atoms with E-state index in [9.17, 15) is 0 Å². The molecule has 0 spiro atoms. The molecular weight excluding hydrogens is 360 g/mol. The second kappa shape index (κ2) is 8.75. The van der Waals surface area contributed by atoms with E-state index in [1.54, 1.807) is 0 Å². The summed E-state index contributed by atoms with van der Waals surface area (Å²) in [6.07, 6.45) is 13.9. The van der Waals surface area contributed by atoms with Crippen LogP contribution in [-0.4, -0.2) is 9.97 Å². The Morgan fingerprint density at radius 1 is 1.08 bits per heavy atom. The Balaban J connectivity index is 1.59. The van der Waals surface area contributed by atoms with Gasteiger partial charge in [0, 0.05) is 21.9 Å². The van der Waals surface area contributed by atoms with E-state index >= 15 is 0 Å². The molecule has 0 bridgehead atoms. The normalized spacial score (nSPS) is 16.8. The van der Waals surface area contributed by atoms with Gasteiger partial charge in [0.25, 0.3) is 0 Å². The molecule has 24 heavy (non-hydrogen) atoms. The van der Waals surface area contributed by atoms with Crippen molar-refractivity contribution < 1.29 is 0 Å². The Bertz CT molecular complexity index is 651. The van der Waals surface area contributed by atoms with Gasteiger partial charge in [0.1, 0.15) is 0 Å². The average molecular weight is 387 g/mol. The third-order valence-corrected chi connectivity index (χ3v) is 5.60. The van der Waals surface area contributed by atoms with Crippen molar-refractivity contribution in [2.24, 2.45) is 5.92 Å². The Kier molecular flexibility index (Phi) is 6.42. The molecular formula is C21H27BrN2. The molecule has 0 fully saturated rings. The zero-order valence-electron chi connectivity index (χ0n) is 14.6. The fourth-order valence-corrected chi connectivity index (χ4v) is 3.87. The SMILES string of the molecule is CCCCCCCC1CCc2nc(-c3ccc(Br)cc3)ncc2C1. The van der Waals surface area contributed by atoms with Gasteiger partial charge in [0.15, 0.2) is 5.82 Å². The van der Waals surface area contributed by atoms with E-state index in [0.717, 1.165) is 28.2 Å². The summed E-state index contributed by atoms with van der Waals surface area (Å²) in [5.41, 5.74) is 3.74. The zero-order chi connectivity index (χ0) is 16.8. The number of rotatable bonds is 7. The molecule has 1 aromatic carbocycles. The molecule has 1 aliphatic rings. The molecule has 3 heteroatoms. The van der Waals surface area contributed by atoms with Crippen LogP contribution in [0.5, 0.6) is 0 Å². The van der Waals surface area contributed by atoms with Crippen molar-refractivity contribution >= 4 is 15.9 Å². The maximum atomic E-state index is 4.84. The molecule has 0 amide bonds. The quantitative estimate of drug-likeness (QED) is 0.516. The molecule has 128 valence electrons. The van der Waals surface area contributed by atoms with Crippen LogP contribution in [-0.2, 0) is 12.8 Å². The van der Waals surface area contributed by atoms with Crippen LogP contribution >= 0.6 is 15.9 Å². The monoisotopic (exact) mass is 386 g/mol. The molecule has 1 atom stereocenters. The van der Waals surface area contributed by atoms with Crippen LogP contribution in [0.1, 0.15) is 63.1 Å². The van der Waals surface area contributed by atoms with Gasteiger partial charge in [0.2, 0.25) is 0 Å². The van der Waals surface area contributed by atoms with Crippen molar-refractivity contribution in [3.05, 3.63) is 46.2 Å². The lowest BCUT2D eigenvalue weighted by atomic mass is 9.84. The number of hydrogen-bond donors (Lipinski definition) is 0. The van der Waals surface area contributed by atoms with E-state index in [1.165, 1.54) is 62.6 Å². The molecule has 2 nitrogen and oxygen atoms in total. The number of nitrogens with zero attached hydrogens (tertiary/aromatic N) is 2. The highest BCUT2D eigenvalue weighted by atomic mass is 79.9. The molecule has 0 N–H and O–H groups in total. The highest BCUT2D eigenvalue weighted by Crippen LogP contribution is 2.29. The summed E-state index contributed by atoms with van der Waals surface area (Å²) >= 11 is 3.48. The van der Waals surface area contributed by atoms with Gasteiger partial charge >= 0.3 is 0 Å². The van der Waals surface area contributed by atoms with E-state index in [1.807, 2.05) is 12.1 Å². The van der Waals surface area contributed by atoms with E-state index in [0.29, 0.717) is 0 Å². The maximum absolute atomic E-state index is 4.84. The van der Waals surface area contributed by atoms with Crippen LogP contribution in [0.3, 0.4) is 0 Å². The molecule has 3 rings (SSSR count). The van der Waals surface area contributed by atoms with Crippen LogP contribution in [0.4, 0.5) is 0 Å². The van der Waals surface area contributed by atoms with Gasteiger partial charge in [-0.1, -0.05) is 73.5 Å². The molecule has 0 saturated carbocycles. The first-order valence-corrected chi connectivity index (χ1v) is 10.2. The second-order valence-corrected chi connectivity index (χ2v) is 7.90. The lowest BCUT2D eigenvalue weighted by Crippen LogP contribution is -2.16. The summed E-state index contributed by atoms with van der Waals surface area (Å²) in [6.45, 7) is 2.28. The third kappa shape index (κ3) is 4.66. The van der Waals surface area contributed by atoms with E-state index in [2.05, 4.69) is 46.2 Å². The van der Waals surface area contributed by atoms with Gasteiger partial charge in [-0.15, -0.1) is 0 Å². The molecule has 2 aromatic rings. The van der Waals surface area contributed by atoms with Gasteiger partial charge < -0.3 is 0 Å². The highest BCUT2D eigenvalue weighted by molar-refractivity contribution is 9.10. The zero-order valence-corrected chi connectivity index (χ0v) is 16.2. The lowest BCUT2D eigenvalue weighted by Gasteiger charge is -2.24. The molecule has 1 heterocycles. The smallest absolute Gasteiger partial charge is 0.159 e. The third-order valence-electron chi connectivity index (χ3n) is 5.07. The van der Waals surface area contributed by atoms with Gasteiger partial charge in [0.05, 0.1) is 0 Å². The number of unbranched alkanes of at least 4 members (excludes halogenated alkanes) is 4. The van der Waals surface area contributed by atoms with Crippen molar-refractivity contribution in [1.29, 1.82) is 0 Å². The van der Waals surface area contributed by atoms with Crippen LogP contribution in [0.15, 0.2) is 34.9 Å². The van der Waals surface area contributed by atoms with Crippen LogP contribution < -0.4 is 0 Å². The molecule has 1 aromatic heterocycles. The van der Waals surface area contributed by atoms with Crippen LogP contribution in [0.2, 0.25) is 0 Å². The minimum Gasteiger partial charge on any atom is -0.236 e.